The lowest BCUT2D eigenvalue weighted by Crippen LogP contribution is -2.35. The standard InChI is InChI=1S/C15H23N3O2S/c1-13(2)18(3)9-7-17-8-10-21(19,20)15-6-4-5-14(11-15)12-16/h4-6,11,13,17H,7-10H2,1-3H3. The molecular formula is C15H23N3O2S. The summed E-state index contributed by atoms with van der Waals surface area (Å²) in [6, 6.07) is 8.57. The van der Waals surface area contributed by atoms with Crippen molar-refractivity contribution in [3.05, 3.63) is 29.8 Å². The monoisotopic (exact) mass is 309 g/mol. The van der Waals surface area contributed by atoms with Crippen LogP contribution in [0.25, 0.3) is 0 Å². The van der Waals surface area contributed by atoms with Crippen LogP contribution in [0.3, 0.4) is 0 Å². The molecule has 0 radical (unpaired) electrons. The molecule has 0 bridgehead atoms. The number of nitrogens with zero attached hydrogens (tertiary/aromatic N) is 2. The Bertz CT molecular complexity index is 591. The number of likely N-dealkylation sites (N-methyl/N-ethyl adjacent to an activating group) is 1. The lowest BCUT2D eigenvalue weighted by atomic mass is 10.2. The minimum absolute atomic E-state index is 0.0350. The fourth-order valence-electron chi connectivity index (χ4n) is 1.72. The SMILES string of the molecule is CC(C)N(C)CCNCCS(=O)(=O)c1cccc(C#N)c1. The maximum absolute atomic E-state index is 12.1. The van der Waals surface area contributed by atoms with E-state index in [4.69, 9.17) is 5.26 Å². The molecule has 0 aliphatic heterocycles. The number of nitriles is 1. The van der Waals surface area contributed by atoms with E-state index in [1.54, 1.807) is 12.1 Å². The van der Waals surface area contributed by atoms with Crippen LogP contribution in [0.2, 0.25) is 0 Å². The van der Waals surface area contributed by atoms with Crippen LogP contribution in [0.5, 0.6) is 0 Å². The Balaban J connectivity index is 2.45. The first kappa shape index (κ1) is 17.6. The van der Waals surface area contributed by atoms with Gasteiger partial charge in [0.15, 0.2) is 9.84 Å². The maximum Gasteiger partial charge on any atom is 0.179 e. The van der Waals surface area contributed by atoms with Gasteiger partial charge in [-0.15, -0.1) is 0 Å². The second-order valence-electron chi connectivity index (χ2n) is 5.28. The van der Waals surface area contributed by atoms with Crippen molar-refractivity contribution in [2.24, 2.45) is 0 Å². The third-order valence-electron chi connectivity index (χ3n) is 3.39. The molecule has 1 rings (SSSR count). The van der Waals surface area contributed by atoms with Crippen molar-refractivity contribution >= 4 is 9.84 Å². The van der Waals surface area contributed by atoms with Gasteiger partial charge in [-0.05, 0) is 39.1 Å². The molecule has 0 heterocycles. The van der Waals surface area contributed by atoms with Crippen molar-refractivity contribution in [2.45, 2.75) is 24.8 Å². The maximum atomic E-state index is 12.1. The smallest absolute Gasteiger partial charge is 0.179 e. The van der Waals surface area contributed by atoms with Crippen molar-refractivity contribution in [1.29, 1.82) is 5.26 Å². The zero-order chi connectivity index (χ0) is 15.9. The lowest BCUT2D eigenvalue weighted by Gasteiger charge is -2.20. The Labute approximate surface area is 127 Å². The summed E-state index contributed by atoms with van der Waals surface area (Å²) in [5.41, 5.74) is 0.364. The molecule has 1 aromatic rings. The van der Waals surface area contributed by atoms with Gasteiger partial charge in [-0.1, -0.05) is 6.07 Å². The van der Waals surface area contributed by atoms with E-state index in [2.05, 4.69) is 24.1 Å². The van der Waals surface area contributed by atoms with E-state index in [9.17, 15) is 8.42 Å². The topological polar surface area (TPSA) is 73.2 Å². The summed E-state index contributed by atoms with van der Waals surface area (Å²) in [5.74, 6) is 0.0350. The minimum atomic E-state index is -3.34. The normalized spacial score (nSPS) is 11.8. The van der Waals surface area contributed by atoms with Gasteiger partial charge in [0.2, 0.25) is 0 Å². The van der Waals surface area contributed by atoms with E-state index in [0.717, 1.165) is 13.1 Å². The molecule has 0 spiro atoms. The average Bonchev–Trinajstić information content (AvgIpc) is 2.46. The molecule has 116 valence electrons. The number of hydrogen-bond donors (Lipinski definition) is 1. The Hall–Kier alpha value is -1.42. The van der Waals surface area contributed by atoms with E-state index < -0.39 is 9.84 Å². The Morgan fingerprint density at radius 1 is 1.33 bits per heavy atom. The van der Waals surface area contributed by atoms with Gasteiger partial charge in [-0.25, -0.2) is 8.42 Å². The second-order valence-corrected chi connectivity index (χ2v) is 7.39. The summed E-state index contributed by atoms with van der Waals surface area (Å²) in [4.78, 5) is 2.40. The molecule has 0 aliphatic carbocycles. The van der Waals surface area contributed by atoms with Crippen molar-refractivity contribution in [1.82, 2.24) is 10.2 Å². The molecule has 0 unspecified atom stereocenters. The second kappa shape index (κ2) is 8.13. The highest BCUT2D eigenvalue weighted by Crippen LogP contribution is 2.12. The minimum Gasteiger partial charge on any atom is -0.314 e. The molecule has 0 saturated heterocycles. The van der Waals surface area contributed by atoms with Crippen LogP contribution < -0.4 is 5.32 Å². The van der Waals surface area contributed by atoms with Gasteiger partial charge in [-0.2, -0.15) is 5.26 Å². The van der Waals surface area contributed by atoms with Gasteiger partial charge in [0, 0.05) is 25.7 Å². The molecule has 21 heavy (non-hydrogen) atoms. The highest BCUT2D eigenvalue weighted by Gasteiger charge is 2.14. The molecule has 0 fully saturated rings. The zero-order valence-electron chi connectivity index (χ0n) is 12.8. The average molecular weight is 309 g/mol. The quantitative estimate of drug-likeness (QED) is 0.732. The molecule has 1 N–H and O–H groups in total. The van der Waals surface area contributed by atoms with Crippen LogP contribution in [-0.2, 0) is 9.84 Å². The van der Waals surface area contributed by atoms with E-state index >= 15 is 0 Å². The number of sulfone groups is 1. The molecule has 0 aliphatic rings. The van der Waals surface area contributed by atoms with Crippen molar-refractivity contribution in [3.8, 4) is 6.07 Å². The lowest BCUT2D eigenvalue weighted by molar-refractivity contribution is 0.274. The van der Waals surface area contributed by atoms with Crippen LogP contribution in [-0.4, -0.2) is 51.8 Å². The molecule has 1 aromatic carbocycles. The van der Waals surface area contributed by atoms with E-state index in [-0.39, 0.29) is 10.6 Å². The van der Waals surface area contributed by atoms with Crippen LogP contribution in [0.1, 0.15) is 19.4 Å². The summed E-state index contributed by atoms with van der Waals surface area (Å²) >= 11 is 0. The fourth-order valence-corrected chi connectivity index (χ4v) is 2.96. The first-order valence-corrected chi connectivity index (χ1v) is 8.66. The van der Waals surface area contributed by atoms with Crippen LogP contribution in [0, 0.1) is 11.3 Å². The van der Waals surface area contributed by atoms with E-state index in [0.29, 0.717) is 18.2 Å². The molecule has 0 atom stereocenters. The van der Waals surface area contributed by atoms with Crippen LogP contribution in [0.4, 0.5) is 0 Å². The highest BCUT2D eigenvalue weighted by molar-refractivity contribution is 7.91. The number of rotatable bonds is 8. The Kier molecular flexibility index (Phi) is 6.82. The van der Waals surface area contributed by atoms with Gasteiger partial charge < -0.3 is 10.2 Å². The van der Waals surface area contributed by atoms with Gasteiger partial charge in [-0.3, -0.25) is 0 Å². The van der Waals surface area contributed by atoms with E-state index in [1.165, 1.54) is 12.1 Å². The zero-order valence-corrected chi connectivity index (χ0v) is 13.7. The van der Waals surface area contributed by atoms with Gasteiger partial charge in [0.05, 0.1) is 22.3 Å². The summed E-state index contributed by atoms with van der Waals surface area (Å²) in [7, 11) is -1.30. The first-order valence-electron chi connectivity index (χ1n) is 7.00. The van der Waals surface area contributed by atoms with E-state index in [1.807, 2.05) is 13.1 Å². The third kappa shape index (κ3) is 5.84. The Morgan fingerprint density at radius 2 is 2.05 bits per heavy atom. The summed E-state index contributed by atoms with van der Waals surface area (Å²) in [5, 5.41) is 11.9. The van der Waals surface area contributed by atoms with Crippen molar-refractivity contribution in [2.75, 3.05) is 32.4 Å². The van der Waals surface area contributed by atoms with Crippen molar-refractivity contribution < 1.29 is 8.42 Å². The number of benzene rings is 1. The molecular weight excluding hydrogens is 286 g/mol. The summed E-state index contributed by atoms with van der Waals surface area (Å²) < 4.78 is 24.3. The number of nitrogens with one attached hydrogen (secondary N) is 1. The molecule has 0 saturated carbocycles. The molecule has 5 nitrogen and oxygen atoms in total. The number of hydrogen-bond acceptors (Lipinski definition) is 5. The first-order chi connectivity index (χ1) is 9.86. The van der Waals surface area contributed by atoms with Gasteiger partial charge in [0.25, 0.3) is 0 Å². The molecule has 6 heteroatoms. The van der Waals surface area contributed by atoms with Crippen LogP contribution in [0.15, 0.2) is 29.2 Å². The largest absolute Gasteiger partial charge is 0.314 e. The van der Waals surface area contributed by atoms with Gasteiger partial charge in [0.1, 0.15) is 0 Å². The summed E-state index contributed by atoms with van der Waals surface area (Å²) in [6.45, 7) is 6.27. The van der Waals surface area contributed by atoms with Gasteiger partial charge >= 0.3 is 0 Å². The predicted molar refractivity (Wildman–Crippen MR) is 83.8 cm³/mol. The Morgan fingerprint density at radius 3 is 2.67 bits per heavy atom. The van der Waals surface area contributed by atoms with Crippen molar-refractivity contribution in [3.63, 3.8) is 0 Å². The highest BCUT2D eigenvalue weighted by atomic mass is 32.2. The predicted octanol–water partition coefficient (Wildman–Crippen LogP) is 1.26. The fraction of sp³-hybridized carbons (Fsp3) is 0.533. The third-order valence-corrected chi connectivity index (χ3v) is 5.11. The molecule has 0 amide bonds. The van der Waals surface area contributed by atoms with Crippen LogP contribution >= 0.6 is 0 Å². The summed E-state index contributed by atoms with van der Waals surface area (Å²) in [6.07, 6.45) is 0. The molecule has 0 aromatic heterocycles.